The number of ketones is 1. The summed E-state index contributed by atoms with van der Waals surface area (Å²) in [6.45, 7) is -0.972. The van der Waals surface area contributed by atoms with Crippen LogP contribution in [0.1, 0.15) is 0 Å². The van der Waals surface area contributed by atoms with Crippen molar-refractivity contribution in [1.82, 2.24) is 5.32 Å². The fraction of sp³-hybridized carbons (Fsp3) is 0.667. The second-order valence-electron chi connectivity index (χ2n) is 2.90. The minimum absolute atomic E-state index is 0.972. The van der Waals surface area contributed by atoms with E-state index in [1.165, 1.54) is 0 Å². The molecule has 2 unspecified atom stereocenters. The minimum atomic E-state index is -4.51. The third-order valence-electron chi connectivity index (χ3n) is 1.53. The van der Waals surface area contributed by atoms with Gasteiger partial charge in [-0.3, -0.25) is 19.5 Å². The number of hydrogen-bond acceptors (Lipinski definition) is 6. The van der Waals surface area contributed by atoms with Crippen molar-refractivity contribution in [2.24, 2.45) is 0 Å². The molecule has 0 aliphatic heterocycles. The van der Waals surface area contributed by atoms with Crippen molar-refractivity contribution in [1.29, 1.82) is 0 Å². The Morgan fingerprint density at radius 2 is 1.81 bits per heavy atom. The summed E-state index contributed by atoms with van der Waals surface area (Å²) in [6, 6.07) is -1.98. The molecule has 0 amide bonds. The van der Waals surface area contributed by atoms with Crippen LogP contribution in [-0.4, -0.2) is 61.9 Å². The number of hydrogen-bond donors (Lipinski definition) is 6. The van der Waals surface area contributed by atoms with Gasteiger partial charge in [-0.05, 0) is 0 Å². The van der Waals surface area contributed by atoms with Gasteiger partial charge in [-0.2, -0.15) is 0 Å². The number of carboxylic acid groups (broad SMARTS) is 1. The second-order valence-corrected chi connectivity index (χ2v) is 4.54. The lowest BCUT2D eigenvalue weighted by atomic mass is 10.1. The summed E-state index contributed by atoms with van der Waals surface area (Å²) in [4.78, 5) is 38.6. The highest BCUT2D eigenvalue weighted by molar-refractivity contribution is 7.51. The van der Waals surface area contributed by atoms with Gasteiger partial charge < -0.3 is 25.1 Å². The van der Waals surface area contributed by atoms with E-state index < -0.39 is 44.4 Å². The van der Waals surface area contributed by atoms with Crippen molar-refractivity contribution >= 4 is 19.3 Å². The van der Waals surface area contributed by atoms with Crippen LogP contribution >= 0.6 is 7.60 Å². The average molecular weight is 257 g/mol. The smallest absolute Gasteiger partial charge is 0.339 e. The van der Waals surface area contributed by atoms with Crippen LogP contribution in [0.2, 0.25) is 0 Å². The maximum absolute atomic E-state index is 11.1. The highest BCUT2D eigenvalue weighted by atomic mass is 31.2. The first-order valence-electron chi connectivity index (χ1n) is 4.02. The van der Waals surface area contributed by atoms with Crippen LogP contribution in [0.5, 0.6) is 0 Å². The zero-order valence-corrected chi connectivity index (χ0v) is 8.87. The van der Waals surface area contributed by atoms with Gasteiger partial charge in [0.15, 0.2) is 11.8 Å². The van der Waals surface area contributed by atoms with Crippen LogP contribution in [0.15, 0.2) is 0 Å². The number of nitrogens with one attached hydrogen (secondary N) is 1. The van der Waals surface area contributed by atoms with E-state index in [4.69, 9.17) is 25.1 Å². The second kappa shape index (κ2) is 6.04. The maximum Gasteiger partial charge on any atom is 0.339 e. The normalized spacial score (nSPS) is 15.5. The number of rotatable bonds is 7. The lowest BCUT2D eigenvalue weighted by molar-refractivity contribution is -0.146. The highest BCUT2D eigenvalue weighted by Gasteiger charge is 2.32. The van der Waals surface area contributed by atoms with Crippen LogP contribution in [0.25, 0.3) is 0 Å². The lowest BCUT2D eigenvalue weighted by Gasteiger charge is -2.16. The zero-order chi connectivity index (χ0) is 12.9. The van der Waals surface area contributed by atoms with Crippen molar-refractivity contribution in [3.63, 3.8) is 0 Å². The number of carboxylic acids is 1. The fourth-order valence-corrected chi connectivity index (χ4v) is 1.22. The monoisotopic (exact) mass is 257 g/mol. The topological polar surface area (TPSA) is 164 Å². The predicted octanol–water partition coefficient (Wildman–Crippen LogP) is -2.91. The summed E-state index contributed by atoms with van der Waals surface area (Å²) >= 11 is 0. The molecule has 94 valence electrons. The molecule has 0 saturated carbocycles. The summed E-state index contributed by atoms with van der Waals surface area (Å²) in [6.07, 6.45) is -2.93. The number of Topliss-reactive ketones (excluding diaryl/α,β-unsaturated/α-hetero) is 1. The Labute approximate surface area is 89.9 Å². The molecule has 0 spiro atoms. The molecule has 0 heterocycles. The van der Waals surface area contributed by atoms with Crippen LogP contribution < -0.4 is 5.32 Å². The molecule has 2 atom stereocenters. The van der Waals surface area contributed by atoms with E-state index in [2.05, 4.69) is 0 Å². The van der Waals surface area contributed by atoms with Crippen molar-refractivity contribution in [2.45, 2.75) is 12.1 Å². The van der Waals surface area contributed by atoms with E-state index in [0.717, 1.165) is 0 Å². The first-order chi connectivity index (χ1) is 7.19. The highest BCUT2D eigenvalue weighted by Crippen LogP contribution is 2.32. The molecule has 9 nitrogen and oxygen atoms in total. The third kappa shape index (κ3) is 5.31. The summed E-state index contributed by atoms with van der Waals surface area (Å²) in [5, 5.41) is 27.6. The molecule has 10 heteroatoms. The van der Waals surface area contributed by atoms with Gasteiger partial charge in [-0.25, -0.2) is 0 Å². The number of carbonyl (C=O) groups excluding carboxylic acids is 1. The van der Waals surface area contributed by atoms with Crippen molar-refractivity contribution in [2.75, 3.05) is 12.9 Å². The van der Waals surface area contributed by atoms with E-state index in [1.54, 1.807) is 5.32 Å². The van der Waals surface area contributed by atoms with Gasteiger partial charge in [-0.15, -0.1) is 0 Å². The van der Waals surface area contributed by atoms with Gasteiger partial charge in [0.25, 0.3) is 0 Å². The molecule has 16 heavy (non-hydrogen) atoms. The van der Waals surface area contributed by atoms with Gasteiger partial charge in [0.2, 0.25) is 0 Å². The summed E-state index contributed by atoms with van der Waals surface area (Å²) in [7, 11) is -4.51. The Kier molecular flexibility index (Phi) is 5.73. The standard InChI is InChI=1S/C6H12NO8P/c8-1-3(9)5(10)4(6(11)12)7-2-16(13,14)15/h3-4,7-9H,1-2H2,(H,11,12)(H2,13,14,15). The van der Waals surface area contributed by atoms with Gasteiger partial charge >= 0.3 is 13.6 Å². The molecule has 0 aliphatic carbocycles. The molecule has 0 radical (unpaired) electrons. The minimum Gasteiger partial charge on any atom is -0.480 e. The SMILES string of the molecule is O=C(O)C(NCP(=O)(O)O)C(=O)C(O)CO. The predicted molar refractivity (Wildman–Crippen MR) is 49.6 cm³/mol. The Morgan fingerprint density at radius 1 is 1.31 bits per heavy atom. The summed E-state index contributed by atoms with van der Waals surface area (Å²) < 4.78 is 10.4. The van der Waals surface area contributed by atoms with Gasteiger partial charge in [0, 0.05) is 0 Å². The van der Waals surface area contributed by atoms with Crippen LogP contribution in [0.4, 0.5) is 0 Å². The first-order valence-corrected chi connectivity index (χ1v) is 5.82. The lowest BCUT2D eigenvalue weighted by Crippen LogP contribution is -2.49. The molecule has 0 aliphatic rings. The summed E-state index contributed by atoms with van der Waals surface area (Å²) in [5.74, 6) is -2.98. The van der Waals surface area contributed by atoms with E-state index in [1.807, 2.05) is 0 Å². The Morgan fingerprint density at radius 3 is 2.12 bits per heavy atom. The average Bonchev–Trinajstić information content (AvgIpc) is 2.14. The zero-order valence-electron chi connectivity index (χ0n) is 7.98. The number of carbonyl (C=O) groups is 2. The number of aliphatic carboxylic acids is 1. The van der Waals surface area contributed by atoms with E-state index >= 15 is 0 Å². The first kappa shape index (κ1) is 15.2. The van der Waals surface area contributed by atoms with Crippen molar-refractivity contribution < 1.29 is 39.3 Å². The maximum atomic E-state index is 11.1. The van der Waals surface area contributed by atoms with Gasteiger partial charge in [0.1, 0.15) is 6.10 Å². The molecule has 0 aromatic heterocycles. The molecule has 0 saturated heterocycles. The van der Waals surface area contributed by atoms with E-state index in [9.17, 15) is 14.2 Å². The molecule has 6 N–H and O–H groups in total. The molecule has 0 bridgehead atoms. The van der Waals surface area contributed by atoms with Crippen LogP contribution in [0.3, 0.4) is 0 Å². The molecule has 0 aromatic rings. The van der Waals surface area contributed by atoms with Gasteiger partial charge in [-0.1, -0.05) is 0 Å². The van der Waals surface area contributed by atoms with E-state index in [0.29, 0.717) is 0 Å². The molecular formula is C6H12NO8P. The molecular weight excluding hydrogens is 245 g/mol. The van der Waals surface area contributed by atoms with Crippen LogP contribution in [0, 0.1) is 0 Å². The van der Waals surface area contributed by atoms with Crippen LogP contribution in [-0.2, 0) is 14.2 Å². The third-order valence-corrected chi connectivity index (χ3v) is 2.13. The Hall–Kier alpha value is -0.830. The fourth-order valence-electron chi connectivity index (χ4n) is 0.802. The quantitative estimate of drug-likeness (QED) is 0.207. The van der Waals surface area contributed by atoms with Gasteiger partial charge in [0.05, 0.1) is 12.9 Å². The van der Waals surface area contributed by atoms with E-state index in [-0.39, 0.29) is 0 Å². The Balaban J connectivity index is 4.57. The molecule has 0 rings (SSSR count). The van der Waals surface area contributed by atoms with Crippen molar-refractivity contribution in [3.05, 3.63) is 0 Å². The van der Waals surface area contributed by atoms with Crippen molar-refractivity contribution in [3.8, 4) is 0 Å². The Bertz CT molecular complexity index is 312. The largest absolute Gasteiger partial charge is 0.480 e. The molecule has 0 fully saturated rings. The number of aliphatic hydroxyl groups excluding tert-OH is 2. The summed E-state index contributed by atoms with van der Waals surface area (Å²) in [5.41, 5.74) is 0. The molecule has 0 aromatic carbocycles. The number of aliphatic hydroxyl groups is 2.